The van der Waals surface area contributed by atoms with Gasteiger partial charge in [0.15, 0.2) is 0 Å². The molecule has 1 aliphatic heterocycles. The summed E-state index contributed by atoms with van der Waals surface area (Å²) >= 11 is 6.11. The van der Waals surface area contributed by atoms with Gasteiger partial charge in [0.1, 0.15) is 0 Å². The molecule has 1 saturated heterocycles. The molecule has 0 amide bonds. The number of aromatic nitrogens is 2. The van der Waals surface area contributed by atoms with Crippen LogP contribution in [0.25, 0.3) is 11.0 Å². The molecule has 1 saturated carbocycles. The molecule has 5 heteroatoms. The van der Waals surface area contributed by atoms with Crippen molar-refractivity contribution in [2.24, 2.45) is 0 Å². The van der Waals surface area contributed by atoms with Crippen LogP contribution in [-0.2, 0) is 0 Å². The second kappa shape index (κ2) is 5.74. The molecule has 1 N–H and O–H groups in total. The Balaban J connectivity index is 1.57. The van der Waals surface area contributed by atoms with Gasteiger partial charge in [-0.15, -0.1) is 0 Å². The molecule has 0 bridgehead atoms. The van der Waals surface area contributed by atoms with Gasteiger partial charge in [-0.1, -0.05) is 24.4 Å². The van der Waals surface area contributed by atoms with Crippen molar-refractivity contribution >= 4 is 22.6 Å². The molecule has 0 radical (unpaired) electrons. The normalized spacial score (nSPS) is 21.9. The lowest BCUT2D eigenvalue weighted by atomic mass is 10.0. The number of imidazole rings is 1. The first-order valence-electron chi connectivity index (χ1n) is 8.36. The number of hydrogen-bond donors (Lipinski definition) is 1. The second-order valence-corrected chi connectivity index (χ2v) is 7.10. The maximum Gasteiger partial charge on any atom is 0.326 e. The smallest absolute Gasteiger partial charge is 0.306 e. The van der Waals surface area contributed by atoms with Gasteiger partial charge in [-0.25, -0.2) is 4.79 Å². The highest BCUT2D eigenvalue weighted by molar-refractivity contribution is 6.31. The number of aromatic amines is 1. The Hall–Kier alpha value is -1.26. The molecular formula is C17H22ClN3O. The Kier molecular flexibility index (Phi) is 3.74. The van der Waals surface area contributed by atoms with E-state index in [0.29, 0.717) is 5.02 Å². The van der Waals surface area contributed by atoms with Crippen molar-refractivity contribution in [3.05, 3.63) is 33.7 Å². The van der Waals surface area contributed by atoms with E-state index in [0.717, 1.165) is 43.0 Å². The number of halogens is 1. The summed E-state index contributed by atoms with van der Waals surface area (Å²) in [6.07, 6.45) is 7.57. The predicted molar refractivity (Wildman–Crippen MR) is 89.7 cm³/mol. The zero-order chi connectivity index (χ0) is 15.1. The SMILES string of the molecule is O=c1[nH]c2ccc(Cl)cc2n1C1CCN(C2CCCC2)CC1. The van der Waals surface area contributed by atoms with Gasteiger partial charge in [0.2, 0.25) is 0 Å². The van der Waals surface area contributed by atoms with Crippen LogP contribution in [0.2, 0.25) is 5.02 Å². The molecule has 22 heavy (non-hydrogen) atoms. The van der Waals surface area contributed by atoms with Gasteiger partial charge in [-0.3, -0.25) is 4.57 Å². The number of nitrogens with zero attached hydrogens (tertiary/aromatic N) is 2. The van der Waals surface area contributed by atoms with Crippen molar-refractivity contribution in [1.29, 1.82) is 0 Å². The van der Waals surface area contributed by atoms with E-state index in [-0.39, 0.29) is 11.7 Å². The third-order valence-electron chi connectivity index (χ3n) is 5.39. The maximum absolute atomic E-state index is 12.3. The number of benzene rings is 1. The molecule has 2 heterocycles. The highest BCUT2D eigenvalue weighted by atomic mass is 35.5. The van der Waals surface area contributed by atoms with Crippen LogP contribution in [0.5, 0.6) is 0 Å². The van der Waals surface area contributed by atoms with Crippen LogP contribution >= 0.6 is 11.6 Å². The first-order chi connectivity index (χ1) is 10.7. The fourth-order valence-corrected chi connectivity index (χ4v) is 4.40. The van der Waals surface area contributed by atoms with Crippen molar-refractivity contribution in [3.8, 4) is 0 Å². The predicted octanol–water partition coefficient (Wildman–Crippen LogP) is 3.56. The van der Waals surface area contributed by atoms with Gasteiger partial charge >= 0.3 is 5.69 Å². The topological polar surface area (TPSA) is 41.0 Å². The minimum absolute atomic E-state index is 0.00316. The van der Waals surface area contributed by atoms with Crippen LogP contribution in [0, 0.1) is 0 Å². The molecular weight excluding hydrogens is 298 g/mol. The number of H-pyrrole nitrogens is 1. The van der Waals surface area contributed by atoms with Gasteiger partial charge < -0.3 is 9.88 Å². The minimum Gasteiger partial charge on any atom is -0.306 e. The monoisotopic (exact) mass is 319 g/mol. The van der Waals surface area contributed by atoms with Crippen molar-refractivity contribution in [1.82, 2.24) is 14.5 Å². The molecule has 4 rings (SSSR count). The Morgan fingerprint density at radius 3 is 2.50 bits per heavy atom. The summed E-state index contributed by atoms with van der Waals surface area (Å²) in [6, 6.07) is 6.70. The molecule has 2 aliphatic rings. The third-order valence-corrected chi connectivity index (χ3v) is 5.62. The Bertz CT molecular complexity index is 721. The molecule has 118 valence electrons. The number of fused-ring (bicyclic) bond motifs is 1. The minimum atomic E-state index is -0.00316. The van der Waals surface area contributed by atoms with Crippen molar-refractivity contribution in [3.63, 3.8) is 0 Å². The lowest BCUT2D eigenvalue weighted by Crippen LogP contribution is -2.41. The third kappa shape index (κ3) is 2.48. The van der Waals surface area contributed by atoms with Crippen LogP contribution in [0.3, 0.4) is 0 Å². The van der Waals surface area contributed by atoms with Gasteiger partial charge in [0.25, 0.3) is 0 Å². The quantitative estimate of drug-likeness (QED) is 0.919. The van der Waals surface area contributed by atoms with Crippen molar-refractivity contribution < 1.29 is 0 Å². The lowest BCUT2D eigenvalue weighted by molar-refractivity contribution is 0.137. The standard InChI is InChI=1S/C17H22ClN3O/c18-12-5-6-15-16(11-12)21(17(22)19-15)14-7-9-20(10-8-14)13-3-1-2-4-13/h5-6,11,13-14H,1-4,7-10H2,(H,19,22). The van der Waals surface area contributed by atoms with E-state index >= 15 is 0 Å². The molecule has 0 unspecified atom stereocenters. The number of nitrogens with one attached hydrogen (secondary N) is 1. The second-order valence-electron chi connectivity index (χ2n) is 6.67. The Morgan fingerprint density at radius 1 is 1.05 bits per heavy atom. The number of hydrogen-bond acceptors (Lipinski definition) is 2. The average molecular weight is 320 g/mol. The largest absolute Gasteiger partial charge is 0.326 e. The highest BCUT2D eigenvalue weighted by Gasteiger charge is 2.28. The molecule has 2 aromatic rings. The summed E-state index contributed by atoms with van der Waals surface area (Å²) < 4.78 is 1.92. The van der Waals surface area contributed by atoms with Gasteiger partial charge in [-0.05, 0) is 43.9 Å². The van der Waals surface area contributed by atoms with Crippen LogP contribution in [0.4, 0.5) is 0 Å². The molecule has 1 aromatic heterocycles. The summed E-state index contributed by atoms with van der Waals surface area (Å²) in [7, 11) is 0. The molecule has 0 spiro atoms. The summed E-state index contributed by atoms with van der Waals surface area (Å²) in [5, 5.41) is 0.684. The fraction of sp³-hybridized carbons (Fsp3) is 0.588. The number of piperidine rings is 1. The van der Waals surface area contributed by atoms with Gasteiger partial charge in [0.05, 0.1) is 11.0 Å². The zero-order valence-corrected chi connectivity index (χ0v) is 13.5. The summed E-state index contributed by atoms with van der Waals surface area (Å²) in [5.41, 5.74) is 1.82. The Morgan fingerprint density at radius 2 is 1.77 bits per heavy atom. The number of rotatable bonds is 2. The summed E-state index contributed by atoms with van der Waals surface area (Å²) in [4.78, 5) is 17.9. The van der Waals surface area contributed by atoms with Gasteiger partial charge in [0, 0.05) is 30.2 Å². The lowest BCUT2D eigenvalue weighted by Gasteiger charge is -2.36. The van der Waals surface area contributed by atoms with Crippen LogP contribution in [0.15, 0.2) is 23.0 Å². The van der Waals surface area contributed by atoms with Crippen LogP contribution < -0.4 is 5.69 Å². The molecule has 4 nitrogen and oxygen atoms in total. The molecule has 1 aliphatic carbocycles. The number of likely N-dealkylation sites (tertiary alicyclic amines) is 1. The fourth-order valence-electron chi connectivity index (χ4n) is 4.24. The first-order valence-corrected chi connectivity index (χ1v) is 8.74. The maximum atomic E-state index is 12.3. The summed E-state index contributed by atoms with van der Waals surface area (Å²) in [6.45, 7) is 2.21. The molecule has 2 fully saturated rings. The Labute approximate surface area is 135 Å². The van der Waals surface area contributed by atoms with E-state index in [1.54, 1.807) is 0 Å². The first kappa shape index (κ1) is 14.3. The average Bonchev–Trinajstić information content (AvgIpc) is 3.14. The van der Waals surface area contributed by atoms with Crippen LogP contribution in [-0.4, -0.2) is 33.6 Å². The van der Waals surface area contributed by atoms with Crippen molar-refractivity contribution in [2.45, 2.75) is 50.6 Å². The van der Waals surface area contributed by atoms with E-state index in [9.17, 15) is 4.79 Å². The van der Waals surface area contributed by atoms with E-state index in [1.165, 1.54) is 25.7 Å². The summed E-state index contributed by atoms with van der Waals surface area (Å²) in [5.74, 6) is 0. The van der Waals surface area contributed by atoms with E-state index in [2.05, 4.69) is 9.88 Å². The van der Waals surface area contributed by atoms with Crippen LogP contribution in [0.1, 0.15) is 44.6 Å². The van der Waals surface area contributed by atoms with Gasteiger partial charge in [-0.2, -0.15) is 0 Å². The van der Waals surface area contributed by atoms with E-state index in [1.807, 2.05) is 22.8 Å². The molecule has 1 aromatic carbocycles. The highest BCUT2D eigenvalue weighted by Crippen LogP contribution is 2.30. The zero-order valence-electron chi connectivity index (χ0n) is 12.7. The van der Waals surface area contributed by atoms with E-state index in [4.69, 9.17) is 11.6 Å². The molecule has 0 atom stereocenters. The van der Waals surface area contributed by atoms with Crippen molar-refractivity contribution in [2.75, 3.05) is 13.1 Å². The van der Waals surface area contributed by atoms with E-state index < -0.39 is 0 Å².